The molecule has 2 N–H and O–H groups in total. The lowest BCUT2D eigenvalue weighted by molar-refractivity contribution is -0.123. The number of nitrogens with zero attached hydrogens (tertiary/aromatic N) is 1. The number of amidine groups is 1. The van der Waals surface area contributed by atoms with Crippen LogP contribution in [0, 0.1) is 17.8 Å². The number of ketones is 1. The summed E-state index contributed by atoms with van der Waals surface area (Å²) in [6.45, 7) is 3.69. The fourth-order valence-corrected chi connectivity index (χ4v) is 4.52. The number of hydrogen-bond acceptors (Lipinski definition) is 5. The maximum Gasteiger partial charge on any atom is 0.242 e. The Labute approximate surface area is 122 Å². The highest BCUT2D eigenvalue weighted by Gasteiger charge is 2.49. The number of rotatable bonds is 3. The average Bonchev–Trinajstić information content (AvgIpc) is 3.03. The van der Waals surface area contributed by atoms with E-state index >= 15 is 0 Å². The summed E-state index contributed by atoms with van der Waals surface area (Å²) in [6.07, 6.45) is 2.44. The quantitative estimate of drug-likeness (QED) is 0.813. The summed E-state index contributed by atoms with van der Waals surface area (Å²) in [5.41, 5.74) is 0. The van der Waals surface area contributed by atoms with Gasteiger partial charge in [-0.1, -0.05) is 18.7 Å². The van der Waals surface area contributed by atoms with Gasteiger partial charge in [-0.25, -0.2) is 0 Å². The van der Waals surface area contributed by atoms with Crippen molar-refractivity contribution in [3.05, 3.63) is 0 Å². The average molecular weight is 296 g/mol. The molecule has 110 valence electrons. The maximum absolute atomic E-state index is 12.1. The van der Waals surface area contributed by atoms with E-state index in [0.717, 1.165) is 12.8 Å². The van der Waals surface area contributed by atoms with Crippen LogP contribution in [-0.2, 0) is 9.59 Å². The van der Waals surface area contributed by atoms with E-state index in [9.17, 15) is 14.7 Å². The molecule has 20 heavy (non-hydrogen) atoms. The molecular weight excluding hydrogens is 276 g/mol. The van der Waals surface area contributed by atoms with Gasteiger partial charge < -0.3 is 10.4 Å². The van der Waals surface area contributed by atoms with Gasteiger partial charge >= 0.3 is 0 Å². The molecule has 6 heteroatoms. The highest BCUT2D eigenvalue weighted by atomic mass is 32.2. The second kappa shape index (κ2) is 4.84. The molecule has 2 saturated carbocycles. The summed E-state index contributed by atoms with van der Waals surface area (Å²) in [6, 6.07) is 0.173. The first-order chi connectivity index (χ1) is 9.44. The smallest absolute Gasteiger partial charge is 0.242 e. The SMILES string of the molecule is C[C@@H](CO)[C@]1(C)SC(=N[C@H]2C[C@H]3C[C@@H]2CC3=O)NC1=O. The van der Waals surface area contributed by atoms with Gasteiger partial charge in [0.05, 0.1) is 6.04 Å². The molecule has 5 atom stereocenters. The van der Waals surface area contributed by atoms with Crippen LogP contribution >= 0.6 is 11.8 Å². The molecule has 1 saturated heterocycles. The van der Waals surface area contributed by atoms with Crippen LogP contribution in [0.4, 0.5) is 0 Å². The summed E-state index contributed by atoms with van der Waals surface area (Å²) < 4.78 is -0.652. The van der Waals surface area contributed by atoms with Crippen LogP contribution < -0.4 is 5.32 Å². The van der Waals surface area contributed by atoms with E-state index in [0.29, 0.717) is 23.3 Å². The number of aliphatic hydroxyl groups excluding tert-OH is 1. The highest BCUT2D eigenvalue weighted by Crippen LogP contribution is 2.45. The van der Waals surface area contributed by atoms with Crippen LogP contribution in [0.15, 0.2) is 4.99 Å². The van der Waals surface area contributed by atoms with Crippen molar-refractivity contribution in [1.29, 1.82) is 0 Å². The van der Waals surface area contributed by atoms with Crippen LogP contribution in [-0.4, -0.2) is 39.4 Å². The first-order valence-electron chi connectivity index (χ1n) is 7.16. The number of hydrogen-bond donors (Lipinski definition) is 2. The molecule has 5 nitrogen and oxygen atoms in total. The minimum atomic E-state index is -0.652. The van der Waals surface area contributed by atoms with Gasteiger partial charge in [0.2, 0.25) is 5.91 Å². The number of thioether (sulfide) groups is 1. The third-order valence-corrected chi connectivity index (χ3v) is 6.47. The predicted molar refractivity (Wildman–Crippen MR) is 77.4 cm³/mol. The van der Waals surface area contributed by atoms with Crippen molar-refractivity contribution in [2.45, 2.75) is 43.9 Å². The van der Waals surface area contributed by atoms with E-state index in [2.05, 4.69) is 10.3 Å². The number of carbonyl (C=O) groups is 2. The van der Waals surface area contributed by atoms with Gasteiger partial charge in [0.1, 0.15) is 10.5 Å². The number of aliphatic hydroxyl groups is 1. The Morgan fingerprint density at radius 2 is 2.25 bits per heavy atom. The summed E-state index contributed by atoms with van der Waals surface area (Å²) in [5, 5.41) is 12.8. The third-order valence-electron chi connectivity index (χ3n) is 5.05. The zero-order chi connectivity index (χ0) is 14.5. The van der Waals surface area contributed by atoms with Crippen LogP contribution in [0.5, 0.6) is 0 Å². The standard InChI is InChI=1S/C14H20N2O3S/c1-7(6-17)14(2)12(19)16-13(20-14)15-10-4-9-3-8(10)5-11(9)18/h7-10,17H,3-6H2,1-2H3,(H,15,16,19)/t7-,8+,9+,10-,14-/m0/s1. The molecule has 1 aliphatic heterocycles. The topological polar surface area (TPSA) is 78.8 Å². The van der Waals surface area contributed by atoms with Crippen LogP contribution in [0.1, 0.15) is 33.1 Å². The molecule has 0 spiro atoms. The van der Waals surface area contributed by atoms with Gasteiger partial charge in [0, 0.05) is 24.9 Å². The Kier molecular flexibility index (Phi) is 3.41. The molecule has 2 aliphatic carbocycles. The van der Waals surface area contributed by atoms with Gasteiger partial charge in [-0.3, -0.25) is 14.6 Å². The predicted octanol–water partition coefficient (Wildman–Crippen LogP) is 0.960. The molecule has 0 aromatic rings. The van der Waals surface area contributed by atoms with Crippen molar-refractivity contribution in [3.63, 3.8) is 0 Å². The van der Waals surface area contributed by atoms with Crippen LogP contribution in [0.3, 0.4) is 0 Å². The van der Waals surface area contributed by atoms with E-state index in [1.54, 1.807) is 0 Å². The second-order valence-corrected chi connectivity index (χ2v) is 7.79. The summed E-state index contributed by atoms with van der Waals surface area (Å²) in [4.78, 5) is 28.3. The van der Waals surface area contributed by atoms with Crippen molar-refractivity contribution in [2.75, 3.05) is 6.61 Å². The van der Waals surface area contributed by atoms with Gasteiger partial charge in [-0.05, 0) is 25.7 Å². The Morgan fingerprint density at radius 3 is 2.80 bits per heavy atom. The van der Waals surface area contributed by atoms with Crippen molar-refractivity contribution in [1.82, 2.24) is 5.32 Å². The summed E-state index contributed by atoms with van der Waals surface area (Å²) in [5.74, 6) is 0.732. The molecule has 1 heterocycles. The number of aliphatic imine (C=N–C) groups is 1. The number of nitrogens with one attached hydrogen (secondary N) is 1. The number of fused-ring (bicyclic) bond motifs is 2. The number of carbonyl (C=O) groups excluding carboxylic acids is 2. The van der Waals surface area contributed by atoms with Crippen molar-refractivity contribution < 1.29 is 14.7 Å². The molecule has 3 rings (SSSR count). The van der Waals surface area contributed by atoms with E-state index in [-0.39, 0.29) is 30.4 Å². The molecule has 0 aromatic carbocycles. The first-order valence-corrected chi connectivity index (χ1v) is 7.97. The maximum atomic E-state index is 12.1. The van der Waals surface area contributed by atoms with Crippen LogP contribution in [0.2, 0.25) is 0 Å². The fraction of sp³-hybridized carbons (Fsp3) is 0.786. The Bertz CT molecular complexity index is 493. The molecule has 0 radical (unpaired) electrons. The summed E-state index contributed by atoms with van der Waals surface area (Å²) >= 11 is 1.41. The van der Waals surface area contributed by atoms with Gasteiger partial charge in [-0.2, -0.15) is 0 Å². The Hall–Kier alpha value is -0.880. The minimum absolute atomic E-state index is 0.0210. The molecular formula is C14H20N2O3S. The molecule has 3 aliphatic rings. The molecule has 3 fully saturated rings. The zero-order valence-electron chi connectivity index (χ0n) is 11.8. The molecule has 0 aromatic heterocycles. The zero-order valence-corrected chi connectivity index (χ0v) is 12.6. The normalized spacial score (nSPS) is 43.4. The lowest BCUT2D eigenvalue weighted by Gasteiger charge is -2.24. The van der Waals surface area contributed by atoms with E-state index in [1.165, 1.54) is 11.8 Å². The molecule has 1 amide bonds. The molecule has 0 unspecified atom stereocenters. The third kappa shape index (κ3) is 2.09. The van der Waals surface area contributed by atoms with Crippen molar-refractivity contribution in [3.8, 4) is 0 Å². The Morgan fingerprint density at radius 1 is 1.50 bits per heavy atom. The van der Waals surface area contributed by atoms with Crippen molar-refractivity contribution in [2.24, 2.45) is 22.7 Å². The lowest BCUT2D eigenvalue weighted by atomic mass is 9.95. The first kappa shape index (κ1) is 14.1. The largest absolute Gasteiger partial charge is 0.396 e. The fourth-order valence-electron chi connectivity index (χ4n) is 3.37. The summed E-state index contributed by atoms with van der Waals surface area (Å²) in [7, 11) is 0. The molecule has 2 bridgehead atoms. The lowest BCUT2D eigenvalue weighted by Crippen LogP contribution is -2.40. The van der Waals surface area contributed by atoms with E-state index in [1.807, 2.05) is 13.8 Å². The Balaban J connectivity index is 1.73. The highest BCUT2D eigenvalue weighted by molar-refractivity contribution is 8.16. The van der Waals surface area contributed by atoms with Gasteiger partial charge in [0.15, 0.2) is 5.17 Å². The minimum Gasteiger partial charge on any atom is -0.396 e. The van der Waals surface area contributed by atoms with Crippen LogP contribution in [0.25, 0.3) is 0 Å². The van der Waals surface area contributed by atoms with E-state index < -0.39 is 4.75 Å². The van der Waals surface area contributed by atoms with Crippen molar-refractivity contribution >= 4 is 28.6 Å². The number of amides is 1. The van der Waals surface area contributed by atoms with Gasteiger partial charge in [-0.15, -0.1) is 0 Å². The van der Waals surface area contributed by atoms with E-state index in [4.69, 9.17) is 0 Å². The number of Topliss-reactive ketones (excluding diaryl/α,β-unsaturated/α-hetero) is 1. The van der Waals surface area contributed by atoms with Gasteiger partial charge in [0.25, 0.3) is 0 Å². The second-order valence-electron chi connectivity index (χ2n) is 6.35. The monoisotopic (exact) mass is 296 g/mol.